The van der Waals surface area contributed by atoms with Crippen LogP contribution in [0.1, 0.15) is 38.2 Å². The molecule has 1 aromatic rings. The van der Waals surface area contributed by atoms with E-state index in [1.807, 2.05) is 13.0 Å². The number of nitrogens with zero attached hydrogens (tertiary/aromatic N) is 1. The van der Waals surface area contributed by atoms with Gasteiger partial charge in [0.25, 0.3) is 0 Å². The van der Waals surface area contributed by atoms with E-state index >= 15 is 0 Å². The third kappa shape index (κ3) is 3.72. The van der Waals surface area contributed by atoms with E-state index in [2.05, 4.69) is 4.72 Å². The predicted octanol–water partition coefficient (Wildman–Crippen LogP) is 3.07. The second-order valence-electron chi connectivity index (χ2n) is 5.16. The monoisotopic (exact) mass is 312 g/mol. The Morgan fingerprint density at radius 3 is 2.75 bits per heavy atom. The number of hydrogen-bond donors (Lipinski definition) is 1. The van der Waals surface area contributed by atoms with Crippen molar-refractivity contribution in [3.05, 3.63) is 28.8 Å². The number of benzene rings is 1. The van der Waals surface area contributed by atoms with Crippen LogP contribution in [0.2, 0.25) is 5.02 Å². The molecule has 108 valence electrons. The topological polar surface area (TPSA) is 70.0 Å². The number of nitriles is 1. The van der Waals surface area contributed by atoms with Crippen LogP contribution in [0.3, 0.4) is 0 Å². The molecule has 6 heteroatoms. The molecule has 20 heavy (non-hydrogen) atoms. The number of nitrogens with one attached hydrogen (secondary N) is 1. The lowest BCUT2D eigenvalue weighted by Gasteiger charge is -2.17. The highest BCUT2D eigenvalue weighted by Crippen LogP contribution is 2.34. The van der Waals surface area contributed by atoms with Crippen LogP contribution in [0, 0.1) is 17.2 Å². The maximum Gasteiger partial charge on any atom is 0.242 e. The second-order valence-corrected chi connectivity index (χ2v) is 7.25. The van der Waals surface area contributed by atoms with Gasteiger partial charge in [0.15, 0.2) is 0 Å². The van der Waals surface area contributed by atoms with Gasteiger partial charge >= 0.3 is 0 Å². The minimum Gasteiger partial charge on any atom is -0.208 e. The Hall–Kier alpha value is -1.09. The Morgan fingerprint density at radius 1 is 1.50 bits per heavy atom. The first kappa shape index (κ1) is 15.3. The zero-order valence-electron chi connectivity index (χ0n) is 11.3. The van der Waals surface area contributed by atoms with E-state index in [9.17, 15) is 8.42 Å². The summed E-state index contributed by atoms with van der Waals surface area (Å²) >= 11 is 5.95. The van der Waals surface area contributed by atoms with Gasteiger partial charge in [0.2, 0.25) is 10.0 Å². The van der Waals surface area contributed by atoms with Crippen LogP contribution in [-0.2, 0) is 10.0 Å². The molecular formula is C14H17ClN2O2S. The molecule has 1 atom stereocenters. The molecule has 1 N–H and O–H groups in total. The molecule has 0 aromatic heterocycles. The van der Waals surface area contributed by atoms with Gasteiger partial charge in [0.1, 0.15) is 4.90 Å². The van der Waals surface area contributed by atoms with Gasteiger partial charge in [-0.3, -0.25) is 0 Å². The van der Waals surface area contributed by atoms with Gasteiger partial charge < -0.3 is 0 Å². The molecule has 2 rings (SSSR count). The maximum absolute atomic E-state index is 12.4. The summed E-state index contributed by atoms with van der Waals surface area (Å²) < 4.78 is 27.5. The number of sulfonamides is 1. The molecule has 0 saturated heterocycles. The van der Waals surface area contributed by atoms with Crippen molar-refractivity contribution in [3.8, 4) is 6.07 Å². The first-order chi connectivity index (χ1) is 9.46. The maximum atomic E-state index is 12.4. The summed E-state index contributed by atoms with van der Waals surface area (Å²) in [6.45, 7) is 1.96. The van der Waals surface area contributed by atoms with Crippen LogP contribution >= 0.6 is 11.6 Å². The first-order valence-corrected chi connectivity index (χ1v) is 8.54. The molecular weight excluding hydrogens is 296 g/mol. The third-order valence-corrected chi connectivity index (χ3v) is 5.48. The quantitative estimate of drug-likeness (QED) is 0.877. The zero-order chi connectivity index (χ0) is 14.8. The summed E-state index contributed by atoms with van der Waals surface area (Å²) in [5.41, 5.74) is 0.282. The summed E-state index contributed by atoms with van der Waals surface area (Å²) in [5, 5.41) is 9.00. The molecule has 1 aromatic carbocycles. The molecule has 0 spiro atoms. The van der Waals surface area contributed by atoms with Crippen molar-refractivity contribution in [1.29, 1.82) is 5.26 Å². The summed E-state index contributed by atoms with van der Waals surface area (Å²) in [6.07, 6.45) is 3.97. The lowest BCUT2D eigenvalue weighted by molar-refractivity contribution is 0.495. The van der Waals surface area contributed by atoms with Crippen molar-refractivity contribution in [2.45, 2.75) is 43.5 Å². The van der Waals surface area contributed by atoms with Gasteiger partial charge in [-0.05, 0) is 37.0 Å². The van der Waals surface area contributed by atoms with Crippen molar-refractivity contribution < 1.29 is 8.42 Å². The normalized spacial score (nSPS) is 16.6. The molecule has 1 saturated carbocycles. The standard InChI is InChI=1S/C14H17ClN2O2S/c1-2-12(7-10-3-4-10)17-20(18,19)14-8-11(9-16)5-6-13(14)15/h5-6,8,10,12,17H,2-4,7H2,1H3. The van der Waals surface area contributed by atoms with Gasteiger partial charge in [-0.25, -0.2) is 13.1 Å². The fraction of sp³-hybridized carbons (Fsp3) is 0.500. The second kappa shape index (κ2) is 6.13. The van der Waals surface area contributed by atoms with E-state index < -0.39 is 10.0 Å². The first-order valence-electron chi connectivity index (χ1n) is 6.68. The van der Waals surface area contributed by atoms with Crippen LogP contribution in [0.5, 0.6) is 0 Å². The van der Waals surface area contributed by atoms with E-state index in [1.165, 1.54) is 31.0 Å². The molecule has 0 bridgehead atoms. The van der Waals surface area contributed by atoms with E-state index in [0.29, 0.717) is 5.92 Å². The van der Waals surface area contributed by atoms with Gasteiger partial charge in [-0.15, -0.1) is 0 Å². The predicted molar refractivity (Wildman–Crippen MR) is 77.9 cm³/mol. The fourth-order valence-electron chi connectivity index (χ4n) is 2.12. The Balaban J connectivity index is 2.22. The summed E-state index contributed by atoms with van der Waals surface area (Å²) in [4.78, 5) is -0.0209. The Labute approximate surface area is 124 Å². The summed E-state index contributed by atoms with van der Waals surface area (Å²) in [7, 11) is -3.69. The van der Waals surface area contributed by atoms with Gasteiger partial charge in [0, 0.05) is 6.04 Å². The van der Waals surface area contributed by atoms with Crippen molar-refractivity contribution in [3.63, 3.8) is 0 Å². The van der Waals surface area contributed by atoms with Gasteiger partial charge in [0.05, 0.1) is 16.7 Å². The summed E-state index contributed by atoms with van der Waals surface area (Å²) in [5.74, 6) is 0.642. The number of halogens is 1. The molecule has 0 amide bonds. The van der Waals surface area contributed by atoms with Crippen LogP contribution in [0.15, 0.2) is 23.1 Å². The average Bonchev–Trinajstić information content (AvgIpc) is 3.22. The minimum absolute atomic E-state index is 0.0209. The largest absolute Gasteiger partial charge is 0.242 e. The Bertz CT molecular complexity index is 633. The van der Waals surface area contributed by atoms with Gasteiger partial charge in [-0.2, -0.15) is 5.26 Å². The zero-order valence-corrected chi connectivity index (χ0v) is 12.8. The van der Waals surface area contributed by atoms with Crippen molar-refractivity contribution in [2.75, 3.05) is 0 Å². The van der Waals surface area contributed by atoms with E-state index in [1.54, 1.807) is 0 Å². The van der Waals surface area contributed by atoms with Crippen LogP contribution in [-0.4, -0.2) is 14.5 Å². The Kier molecular flexibility index (Phi) is 4.69. The smallest absolute Gasteiger partial charge is 0.208 e. The molecule has 4 nitrogen and oxygen atoms in total. The summed E-state index contributed by atoms with van der Waals surface area (Å²) in [6, 6.07) is 6.11. The van der Waals surface area contributed by atoms with Crippen LogP contribution in [0.4, 0.5) is 0 Å². The van der Waals surface area contributed by atoms with E-state index in [4.69, 9.17) is 16.9 Å². The molecule has 0 aliphatic heterocycles. The lowest BCUT2D eigenvalue weighted by Crippen LogP contribution is -2.35. The highest BCUT2D eigenvalue weighted by molar-refractivity contribution is 7.89. The molecule has 1 fully saturated rings. The van der Waals surface area contributed by atoms with Crippen molar-refractivity contribution >= 4 is 21.6 Å². The Morgan fingerprint density at radius 2 is 2.20 bits per heavy atom. The third-order valence-electron chi connectivity index (χ3n) is 3.48. The van der Waals surface area contributed by atoms with Crippen LogP contribution in [0.25, 0.3) is 0 Å². The highest BCUT2D eigenvalue weighted by Gasteiger charge is 2.28. The number of hydrogen-bond acceptors (Lipinski definition) is 3. The minimum atomic E-state index is -3.69. The fourth-order valence-corrected chi connectivity index (χ4v) is 3.97. The SMILES string of the molecule is CCC(CC1CC1)NS(=O)(=O)c1cc(C#N)ccc1Cl. The van der Waals surface area contributed by atoms with Gasteiger partial charge in [-0.1, -0.05) is 31.4 Å². The average molecular weight is 313 g/mol. The van der Waals surface area contributed by atoms with E-state index in [-0.39, 0.29) is 21.5 Å². The van der Waals surface area contributed by atoms with Crippen molar-refractivity contribution in [2.24, 2.45) is 5.92 Å². The molecule has 0 heterocycles. The molecule has 1 aliphatic rings. The van der Waals surface area contributed by atoms with Crippen molar-refractivity contribution in [1.82, 2.24) is 4.72 Å². The van der Waals surface area contributed by atoms with Crippen LogP contribution < -0.4 is 4.72 Å². The molecule has 1 unspecified atom stereocenters. The molecule has 1 aliphatic carbocycles. The number of rotatable bonds is 6. The van der Waals surface area contributed by atoms with E-state index in [0.717, 1.165) is 12.8 Å². The highest BCUT2D eigenvalue weighted by atomic mass is 35.5. The molecule has 0 radical (unpaired) electrons. The lowest BCUT2D eigenvalue weighted by atomic mass is 10.1.